The van der Waals surface area contributed by atoms with Crippen LogP contribution in [-0.2, 0) is 23.5 Å². The van der Waals surface area contributed by atoms with E-state index in [0.29, 0.717) is 34.4 Å². The Kier molecular flexibility index (Phi) is 5.08. The predicted molar refractivity (Wildman–Crippen MR) is 110 cm³/mol. The largest absolute Gasteiger partial charge is 0.339 e. The van der Waals surface area contributed by atoms with Crippen LogP contribution in [0.1, 0.15) is 22.8 Å². The number of anilines is 1. The van der Waals surface area contributed by atoms with Gasteiger partial charge in [-0.2, -0.15) is 10.1 Å². The lowest BCUT2D eigenvalue weighted by Crippen LogP contribution is -2.16. The van der Waals surface area contributed by atoms with Crippen LogP contribution in [0.2, 0.25) is 0 Å². The number of nitrogens with zero attached hydrogens (tertiary/aromatic N) is 5. The summed E-state index contributed by atoms with van der Waals surface area (Å²) in [6.45, 7) is 3.39. The summed E-state index contributed by atoms with van der Waals surface area (Å²) in [5, 5.41) is 8.20. The van der Waals surface area contributed by atoms with E-state index in [1.165, 1.54) is 0 Å². The van der Waals surface area contributed by atoms with Crippen molar-refractivity contribution < 1.29 is 12.9 Å². The van der Waals surface area contributed by atoms with E-state index in [4.69, 9.17) is 4.52 Å². The zero-order valence-electron chi connectivity index (χ0n) is 16.7. The van der Waals surface area contributed by atoms with Crippen molar-refractivity contribution in [1.29, 1.82) is 0 Å². The molecule has 0 radical (unpaired) electrons. The van der Waals surface area contributed by atoms with Crippen LogP contribution in [0.15, 0.2) is 58.2 Å². The fourth-order valence-corrected chi connectivity index (χ4v) is 4.76. The SMILES string of the molecule is Cc1nn(C)c(C)c1S(=O)(=O)Nc1ccccc1Cc1nc(-c2ccncc2)no1. The van der Waals surface area contributed by atoms with Gasteiger partial charge in [-0.1, -0.05) is 23.4 Å². The van der Waals surface area contributed by atoms with E-state index < -0.39 is 10.0 Å². The minimum Gasteiger partial charge on any atom is -0.339 e. The van der Waals surface area contributed by atoms with Crippen LogP contribution in [0.5, 0.6) is 0 Å². The summed E-state index contributed by atoms with van der Waals surface area (Å²) in [5.41, 5.74) is 2.96. The highest BCUT2D eigenvalue weighted by molar-refractivity contribution is 7.92. The predicted octanol–water partition coefficient (Wildman–Crippen LogP) is 2.87. The first kappa shape index (κ1) is 19.8. The van der Waals surface area contributed by atoms with Crippen molar-refractivity contribution in [3.8, 4) is 11.4 Å². The van der Waals surface area contributed by atoms with E-state index in [-0.39, 0.29) is 11.3 Å². The Morgan fingerprint density at radius 2 is 1.83 bits per heavy atom. The molecule has 154 valence electrons. The molecular formula is C20H20N6O3S. The van der Waals surface area contributed by atoms with Gasteiger partial charge in [-0.05, 0) is 37.6 Å². The Morgan fingerprint density at radius 1 is 1.10 bits per heavy atom. The van der Waals surface area contributed by atoms with Crippen LogP contribution in [-0.4, -0.2) is 33.3 Å². The monoisotopic (exact) mass is 424 g/mol. The smallest absolute Gasteiger partial charge is 0.265 e. The number of pyridine rings is 1. The van der Waals surface area contributed by atoms with Crippen molar-refractivity contribution in [2.24, 2.45) is 7.05 Å². The van der Waals surface area contributed by atoms with Gasteiger partial charge >= 0.3 is 0 Å². The molecule has 4 rings (SSSR count). The molecule has 0 aliphatic heterocycles. The highest BCUT2D eigenvalue weighted by Gasteiger charge is 2.25. The molecule has 1 N–H and O–H groups in total. The van der Waals surface area contributed by atoms with Crippen LogP contribution in [0, 0.1) is 13.8 Å². The fraction of sp³-hybridized carbons (Fsp3) is 0.200. The van der Waals surface area contributed by atoms with Crippen LogP contribution < -0.4 is 4.72 Å². The number of nitrogens with one attached hydrogen (secondary N) is 1. The second-order valence-electron chi connectivity index (χ2n) is 6.81. The van der Waals surface area contributed by atoms with Crippen molar-refractivity contribution in [2.45, 2.75) is 25.2 Å². The third kappa shape index (κ3) is 3.81. The molecule has 0 bridgehead atoms. The van der Waals surface area contributed by atoms with Gasteiger partial charge in [0, 0.05) is 25.0 Å². The summed E-state index contributed by atoms with van der Waals surface area (Å²) in [5.74, 6) is 0.828. The molecule has 9 nitrogen and oxygen atoms in total. The van der Waals surface area contributed by atoms with E-state index in [1.54, 1.807) is 62.2 Å². The Morgan fingerprint density at radius 3 is 2.53 bits per heavy atom. The number of para-hydroxylation sites is 1. The summed E-state index contributed by atoms with van der Waals surface area (Å²) < 4.78 is 35.6. The molecule has 0 spiro atoms. The maximum atomic E-state index is 13.0. The molecule has 0 saturated carbocycles. The van der Waals surface area contributed by atoms with E-state index >= 15 is 0 Å². The number of aromatic nitrogens is 5. The van der Waals surface area contributed by atoms with Crippen molar-refractivity contribution in [3.05, 3.63) is 71.6 Å². The summed E-state index contributed by atoms with van der Waals surface area (Å²) >= 11 is 0. The third-order valence-corrected chi connectivity index (χ3v) is 6.34. The van der Waals surface area contributed by atoms with Gasteiger partial charge < -0.3 is 4.52 Å². The Hall–Kier alpha value is -3.53. The Balaban J connectivity index is 1.62. The molecule has 3 heterocycles. The number of hydrogen-bond acceptors (Lipinski definition) is 7. The van der Waals surface area contributed by atoms with Gasteiger partial charge in [0.1, 0.15) is 4.90 Å². The highest BCUT2D eigenvalue weighted by atomic mass is 32.2. The van der Waals surface area contributed by atoms with Crippen molar-refractivity contribution in [2.75, 3.05) is 4.72 Å². The fourth-order valence-electron chi connectivity index (χ4n) is 3.22. The molecule has 30 heavy (non-hydrogen) atoms. The first-order chi connectivity index (χ1) is 14.3. The maximum absolute atomic E-state index is 13.0. The Bertz CT molecular complexity index is 1300. The van der Waals surface area contributed by atoms with Gasteiger partial charge in [0.25, 0.3) is 10.0 Å². The molecule has 0 atom stereocenters. The minimum atomic E-state index is -3.81. The van der Waals surface area contributed by atoms with E-state index in [1.807, 2.05) is 12.1 Å². The average Bonchev–Trinajstić information content (AvgIpc) is 3.28. The van der Waals surface area contributed by atoms with Gasteiger partial charge in [-0.25, -0.2) is 8.42 Å². The van der Waals surface area contributed by atoms with Gasteiger partial charge in [-0.15, -0.1) is 0 Å². The number of benzene rings is 1. The summed E-state index contributed by atoms with van der Waals surface area (Å²) in [6.07, 6.45) is 3.58. The molecule has 4 aromatic rings. The lowest BCUT2D eigenvalue weighted by atomic mass is 10.1. The summed E-state index contributed by atoms with van der Waals surface area (Å²) in [4.78, 5) is 8.56. The summed E-state index contributed by atoms with van der Waals surface area (Å²) in [6, 6.07) is 10.7. The summed E-state index contributed by atoms with van der Waals surface area (Å²) in [7, 11) is -2.10. The van der Waals surface area contributed by atoms with Crippen LogP contribution >= 0.6 is 0 Å². The zero-order chi connectivity index (χ0) is 21.3. The molecule has 0 aliphatic rings. The second-order valence-corrected chi connectivity index (χ2v) is 8.43. The molecule has 0 saturated heterocycles. The number of rotatable bonds is 6. The molecule has 0 fully saturated rings. The normalized spacial score (nSPS) is 11.6. The van der Waals surface area contributed by atoms with Gasteiger partial charge in [-0.3, -0.25) is 14.4 Å². The van der Waals surface area contributed by atoms with Gasteiger partial charge in [0.05, 0.1) is 23.5 Å². The van der Waals surface area contributed by atoms with E-state index in [2.05, 4.69) is 24.9 Å². The van der Waals surface area contributed by atoms with Gasteiger partial charge in [0.2, 0.25) is 11.7 Å². The van der Waals surface area contributed by atoms with Crippen molar-refractivity contribution in [3.63, 3.8) is 0 Å². The third-order valence-electron chi connectivity index (χ3n) is 4.72. The van der Waals surface area contributed by atoms with Crippen LogP contribution in [0.3, 0.4) is 0 Å². The average molecular weight is 424 g/mol. The molecule has 0 aliphatic carbocycles. The highest BCUT2D eigenvalue weighted by Crippen LogP contribution is 2.26. The quantitative estimate of drug-likeness (QED) is 0.506. The van der Waals surface area contributed by atoms with Crippen molar-refractivity contribution in [1.82, 2.24) is 24.9 Å². The Labute approximate surface area is 173 Å². The molecule has 0 amide bonds. The molecule has 1 aromatic carbocycles. The van der Waals surface area contributed by atoms with Crippen LogP contribution in [0.25, 0.3) is 11.4 Å². The standard InChI is InChI=1S/C20H20N6O3S/c1-13-19(14(2)26(3)23-13)30(27,28)25-17-7-5-4-6-16(17)12-18-22-20(24-29-18)15-8-10-21-11-9-15/h4-11,25H,12H2,1-3H3. The maximum Gasteiger partial charge on any atom is 0.265 e. The number of aryl methyl sites for hydroxylation is 2. The van der Waals surface area contributed by atoms with Gasteiger partial charge in [0.15, 0.2) is 0 Å². The first-order valence-corrected chi connectivity index (χ1v) is 10.7. The number of sulfonamides is 1. The first-order valence-electron chi connectivity index (χ1n) is 9.19. The van der Waals surface area contributed by atoms with E-state index in [9.17, 15) is 8.42 Å². The second kappa shape index (κ2) is 7.71. The topological polar surface area (TPSA) is 116 Å². The van der Waals surface area contributed by atoms with Crippen molar-refractivity contribution >= 4 is 15.7 Å². The number of hydrogen-bond donors (Lipinski definition) is 1. The molecule has 3 aromatic heterocycles. The minimum absolute atomic E-state index is 0.178. The zero-order valence-corrected chi connectivity index (χ0v) is 17.5. The lowest BCUT2D eigenvalue weighted by molar-refractivity contribution is 0.386. The molecule has 10 heteroatoms. The van der Waals surface area contributed by atoms with E-state index in [0.717, 1.165) is 5.56 Å². The lowest BCUT2D eigenvalue weighted by Gasteiger charge is -2.12. The van der Waals surface area contributed by atoms with Crippen LogP contribution in [0.4, 0.5) is 5.69 Å². The molecule has 0 unspecified atom stereocenters. The molecular weight excluding hydrogens is 404 g/mol.